The van der Waals surface area contributed by atoms with Crippen molar-refractivity contribution in [1.29, 1.82) is 0 Å². The smallest absolute Gasteiger partial charge is 0.209 e. The minimum Gasteiger partial charge on any atom is -0.371 e. The molecule has 0 aromatic heterocycles. The Labute approximate surface area is 78.2 Å². The first-order valence-corrected chi connectivity index (χ1v) is 4.89. The van der Waals surface area contributed by atoms with Gasteiger partial charge in [-0.15, -0.1) is 0 Å². The van der Waals surface area contributed by atoms with Gasteiger partial charge in [-0.05, 0) is 12.8 Å². The van der Waals surface area contributed by atoms with Crippen molar-refractivity contribution < 1.29 is 9.53 Å². The standard InChI is InChI=1S/C9H16N2O2/c12-8-11-4-1-2-9(7-11)6-10-3-5-13-9/h8,10H,1-7H2. The number of amides is 1. The van der Waals surface area contributed by atoms with Crippen molar-refractivity contribution in [1.82, 2.24) is 10.2 Å². The molecular formula is C9H16N2O2. The van der Waals surface area contributed by atoms with Gasteiger partial charge in [-0.2, -0.15) is 0 Å². The summed E-state index contributed by atoms with van der Waals surface area (Å²) in [5.74, 6) is 0. The topological polar surface area (TPSA) is 41.6 Å². The van der Waals surface area contributed by atoms with Crippen LogP contribution in [0.15, 0.2) is 0 Å². The third-order valence-electron chi connectivity index (χ3n) is 2.85. The molecule has 0 bridgehead atoms. The van der Waals surface area contributed by atoms with E-state index in [0.717, 1.165) is 52.0 Å². The molecule has 1 amide bonds. The van der Waals surface area contributed by atoms with Crippen molar-refractivity contribution in [3.05, 3.63) is 0 Å². The minimum absolute atomic E-state index is 0.0859. The summed E-state index contributed by atoms with van der Waals surface area (Å²) in [5, 5.41) is 3.32. The Morgan fingerprint density at radius 1 is 1.54 bits per heavy atom. The van der Waals surface area contributed by atoms with Crippen molar-refractivity contribution in [3.8, 4) is 0 Å². The summed E-state index contributed by atoms with van der Waals surface area (Å²) in [6.45, 7) is 4.23. The third kappa shape index (κ3) is 1.84. The molecule has 0 aromatic rings. The molecule has 2 aliphatic heterocycles. The first-order chi connectivity index (χ1) is 6.35. The molecule has 0 saturated carbocycles. The predicted octanol–water partition coefficient (Wildman–Crippen LogP) is -0.403. The Hall–Kier alpha value is -0.610. The number of hydrogen-bond donors (Lipinski definition) is 1. The molecule has 2 saturated heterocycles. The van der Waals surface area contributed by atoms with Crippen LogP contribution in [0.5, 0.6) is 0 Å². The van der Waals surface area contributed by atoms with E-state index in [2.05, 4.69) is 5.32 Å². The zero-order valence-corrected chi connectivity index (χ0v) is 7.79. The molecule has 2 fully saturated rings. The molecule has 1 unspecified atom stereocenters. The zero-order valence-electron chi connectivity index (χ0n) is 7.79. The van der Waals surface area contributed by atoms with Crippen molar-refractivity contribution in [3.63, 3.8) is 0 Å². The molecule has 0 aliphatic carbocycles. The van der Waals surface area contributed by atoms with Gasteiger partial charge in [0.2, 0.25) is 6.41 Å². The van der Waals surface area contributed by atoms with Gasteiger partial charge in [0.05, 0.1) is 18.8 Å². The van der Waals surface area contributed by atoms with Crippen molar-refractivity contribution in [2.45, 2.75) is 18.4 Å². The quantitative estimate of drug-likeness (QED) is 0.564. The van der Waals surface area contributed by atoms with Crippen LogP contribution in [0.2, 0.25) is 0 Å². The highest BCUT2D eigenvalue weighted by Crippen LogP contribution is 2.25. The average molecular weight is 184 g/mol. The predicted molar refractivity (Wildman–Crippen MR) is 48.4 cm³/mol. The van der Waals surface area contributed by atoms with Crippen LogP contribution in [0, 0.1) is 0 Å². The zero-order chi connectivity index (χ0) is 9.15. The summed E-state index contributed by atoms with van der Waals surface area (Å²) in [4.78, 5) is 12.5. The van der Waals surface area contributed by atoms with Gasteiger partial charge in [-0.25, -0.2) is 0 Å². The molecule has 2 heterocycles. The molecule has 4 nitrogen and oxygen atoms in total. The maximum absolute atomic E-state index is 10.6. The third-order valence-corrected chi connectivity index (χ3v) is 2.85. The van der Waals surface area contributed by atoms with E-state index in [1.54, 1.807) is 0 Å². The number of carbonyl (C=O) groups excluding carboxylic acids is 1. The van der Waals surface area contributed by atoms with Gasteiger partial charge in [0.15, 0.2) is 0 Å². The first-order valence-electron chi connectivity index (χ1n) is 4.89. The molecule has 2 rings (SSSR count). The molecule has 13 heavy (non-hydrogen) atoms. The molecule has 1 N–H and O–H groups in total. The van der Waals surface area contributed by atoms with Gasteiger partial charge in [-0.3, -0.25) is 4.79 Å². The number of likely N-dealkylation sites (tertiary alicyclic amines) is 1. The average Bonchev–Trinajstić information content (AvgIpc) is 2.19. The van der Waals surface area contributed by atoms with E-state index < -0.39 is 0 Å². The van der Waals surface area contributed by atoms with Gasteiger partial charge >= 0.3 is 0 Å². The van der Waals surface area contributed by atoms with Gasteiger partial charge in [0.1, 0.15) is 0 Å². The summed E-state index contributed by atoms with van der Waals surface area (Å²) < 4.78 is 5.78. The van der Waals surface area contributed by atoms with E-state index in [4.69, 9.17) is 4.74 Å². The number of ether oxygens (including phenoxy) is 1. The molecule has 1 spiro atoms. The van der Waals surface area contributed by atoms with E-state index in [1.165, 1.54) is 0 Å². The second-order valence-corrected chi connectivity index (χ2v) is 3.89. The fourth-order valence-electron chi connectivity index (χ4n) is 2.19. The molecule has 4 heteroatoms. The van der Waals surface area contributed by atoms with E-state index in [-0.39, 0.29) is 5.60 Å². The van der Waals surface area contributed by atoms with E-state index in [0.29, 0.717) is 0 Å². The number of hydrogen-bond acceptors (Lipinski definition) is 3. The Morgan fingerprint density at radius 2 is 2.46 bits per heavy atom. The maximum atomic E-state index is 10.6. The maximum Gasteiger partial charge on any atom is 0.209 e. The number of nitrogens with zero attached hydrogens (tertiary/aromatic N) is 1. The molecule has 2 aliphatic rings. The van der Waals surface area contributed by atoms with E-state index in [9.17, 15) is 4.79 Å². The number of rotatable bonds is 1. The Kier molecular flexibility index (Phi) is 2.51. The van der Waals surface area contributed by atoms with Crippen LogP contribution >= 0.6 is 0 Å². The summed E-state index contributed by atoms with van der Waals surface area (Å²) in [7, 11) is 0. The van der Waals surface area contributed by atoms with Crippen LogP contribution in [-0.4, -0.2) is 49.7 Å². The van der Waals surface area contributed by atoms with E-state index in [1.807, 2.05) is 4.90 Å². The Bertz CT molecular complexity index is 185. The first kappa shape index (κ1) is 8.97. The van der Waals surface area contributed by atoms with Crippen LogP contribution in [0.1, 0.15) is 12.8 Å². The largest absolute Gasteiger partial charge is 0.371 e. The molecule has 0 radical (unpaired) electrons. The lowest BCUT2D eigenvalue weighted by Crippen LogP contribution is -2.58. The highest BCUT2D eigenvalue weighted by atomic mass is 16.5. The highest BCUT2D eigenvalue weighted by Gasteiger charge is 2.37. The fourth-order valence-corrected chi connectivity index (χ4v) is 2.19. The Balaban J connectivity index is 1.99. The SMILES string of the molecule is O=CN1CCCC2(CNCCO2)C1. The minimum atomic E-state index is -0.0859. The molecule has 1 atom stereocenters. The fraction of sp³-hybridized carbons (Fsp3) is 0.889. The van der Waals surface area contributed by atoms with Crippen LogP contribution in [0.4, 0.5) is 0 Å². The van der Waals surface area contributed by atoms with Crippen molar-refractivity contribution >= 4 is 6.41 Å². The van der Waals surface area contributed by atoms with Crippen LogP contribution in [0.3, 0.4) is 0 Å². The van der Waals surface area contributed by atoms with E-state index >= 15 is 0 Å². The molecule has 74 valence electrons. The molecular weight excluding hydrogens is 168 g/mol. The normalized spacial score (nSPS) is 34.9. The second-order valence-electron chi connectivity index (χ2n) is 3.89. The van der Waals surface area contributed by atoms with Gasteiger partial charge < -0.3 is 15.0 Å². The number of morpholine rings is 1. The summed E-state index contributed by atoms with van der Waals surface area (Å²) in [6.07, 6.45) is 3.06. The van der Waals surface area contributed by atoms with Crippen molar-refractivity contribution in [2.75, 3.05) is 32.8 Å². The highest BCUT2D eigenvalue weighted by molar-refractivity contribution is 5.47. The van der Waals surface area contributed by atoms with Crippen LogP contribution in [0.25, 0.3) is 0 Å². The van der Waals surface area contributed by atoms with Gasteiger partial charge in [0, 0.05) is 19.6 Å². The van der Waals surface area contributed by atoms with Crippen LogP contribution < -0.4 is 5.32 Å². The van der Waals surface area contributed by atoms with Gasteiger partial charge in [-0.1, -0.05) is 0 Å². The number of nitrogens with one attached hydrogen (secondary N) is 1. The monoisotopic (exact) mass is 184 g/mol. The van der Waals surface area contributed by atoms with Crippen molar-refractivity contribution in [2.24, 2.45) is 0 Å². The lowest BCUT2D eigenvalue weighted by atomic mass is 9.92. The van der Waals surface area contributed by atoms with Gasteiger partial charge in [0.25, 0.3) is 0 Å². The lowest BCUT2D eigenvalue weighted by Gasteiger charge is -2.43. The summed E-state index contributed by atoms with van der Waals surface area (Å²) in [6, 6.07) is 0. The number of carbonyl (C=O) groups is 1. The second kappa shape index (κ2) is 3.64. The Morgan fingerprint density at radius 3 is 3.15 bits per heavy atom. The van der Waals surface area contributed by atoms with Crippen LogP contribution in [-0.2, 0) is 9.53 Å². The lowest BCUT2D eigenvalue weighted by molar-refractivity contribution is -0.134. The summed E-state index contributed by atoms with van der Waals surface area (Å²) >= 11 is 0. The molecule has 0 aromatic carbocycles. The number of piperidine rings is 1. The summed E-state index contributed by atoms with van der Waals surface area (Å²) in [5.41, 5.74) is -0.0859.